The van der Waals surface area contributed by atoms with Gasteiger partial charge in [-0.3, -0.25) is 0 Å². The van der Waals surface area contributed by atoms with Crippen LogP contribution in [-0.2, 0) is 23.2 Å². The standard InChI is InChI=1S/C14H25N5O2S/c1-3-17(4-2)22(20,21)18-10-7-12(8-11-18)14-16-15-13-6-5-9-19(13)14/h12H,3-11H2,1-2H3. The van der Waals surface area contributed by atoms with Gasteiger partial charge in [0, 0.05) is 45.1 Å². The second-order valence-corrected chi connectivity index (χ2v) is 7.92. The maximum atomic E-state index is 12.5. The summed E-state index contributed by atoms with van der Waals surface area (Å²) in [6.45, 7) is 6.97. The molecule has 0 spiro atoms. The van der Waals surface area contributed by atoms with Gasteiger partial charge in [-0.1, -0.05) is 13.8 Å². The van der Waals surface area contributed by atoms with Crippen molar-refractivity contribution in [1.82, 2.24) is 23.4 Å². The highest BCUT2D eigenvalue weighted by Gasteiger charge is 2.34. The van der Waals surface area contributed by atoms with E-state index in [1.54, 1.807) is 4.31 Å². The van der Waals surface area contributed by atoms with E-state index < -0.39 is 10.2 Å². The minimum Gasteiger partial charge on any atom is -0.315 e. The number of aryl methyl sites for hydroxylation is 1. The summed E-state index contributed by atoms with van der Waals surface area (Å²) in [7, 11) is -3.30. The molecule has 0 N–H and O–H groups in total. The number of nitrogens with zero attached hydrogens (tertiary/aromatic N) is 5. The van der Waals surface area contributed by atoms with Crippen LogP contribution in [0.5, 0.6) is 0 Å². The molecule has 0 aromatic carbocycles. The number of hydrogen-bond acceptors (Lipinski definition) is 4. The van der Waals surface area contributed by atoms with Crippen LogP contribution in [0.25, 0.3) is 0 Å². The highest BCUT2D eigenvalue weighted by Crippen LogP contribution is 2.30. The third-order valence-electron chi connectivity index (χ3n) is 4.82. The Morgan fingerprint density at radius 2 is 1.82 bits per heavy atom. The lowest BCUT2D eigenvalue weighted by Crippen LogP contribution is -2.46. The molecule has 2 aliphatic heterocycles. The third-order valence-corrected chi connectivity index (χ3v) is 7.00. The highest BCUT2D eigenvalue weighted by molar-refractivity contribution is 7.86. The molecular formula is C14H25N5O2S. The summed E-state index contributed by atoms with van der Waals surface area (Å²) in [5.74, 6) is 2.49. The van der Waals surface area contributed by atoms with E-state index in [0.29, 0.717) is 32.1 Å². The van der Waals surface area contributed by atoms with E-state index in [-0.39, 0.29) is 0 Å². The molecule has 1 saturated heterocycles. The first kappa shape index (κ1) is 15.9. The molecule has 3 heterocycles. The Morgan fingerprint density at radius 1 is 1.14 bits per heavy atom. The SMILES string of the molecule is CCN(CC)S(=O)(=O)N1CCC(c2nnc3n2CCC3)CC1. The molecule has 2 aliphatic rings. The second-order valence-electron chi connectivity index (χ2n) is 6.00. The van der Waals surface area contributed by atoms with Gasteiger partial charge in [-0.2, -0.15) is 17.0 Å². The lowest BCUT2D eigenvalue weighted by molar-refractivity contribution is 0.284. The molecule has 0 unspecified atom stereocenters. The zero-order valence-electron chi connectivity index (χ0n) is 13.4. The summed E-state index contributed by atoms with van der Waals surface area (Å²) in [4.78, 5) is 0. The van der Waals surface area contributed by atoms with Gasteiger partial charge >= 0.3 is 0 Å². The van der Waals surface area contributed by atoms with Crippen molar-refractivity contribution < 1.29 is 8.42 Å². The molecule has 8 heteroatoms. The molecule has 22 heavy (non-hydrogen) atoms. The van der Waals surface area contributed by atoms with E-state index in [1.165, 1.54) is 4.31 Å². The van der Waals surface area contributed by atoms with Gasteiger partial charge in [0.15, 0.2) is 0 Å². The molecule has 1 aromatic rings. The van der Waals surface area contributed by atoms with Crippen LogP contribution < -0.4 is 0 Å². The number of piperidine rings is 1. The Morgan fingerprint density at radius 3 is 2.45 bits per heavy atom. The van der Waals surface area contributed by atoms with E-state index in [9.17, 15) is 8.42 Å². The topological polar surface area (TPSA) is 71.3 Å². The van der Waals surface area contributed by atoms with E-state index in [1.807, 2.05) is 13.8 Å². The molecule has 0 amide bonds. The molecule has 0 aliphatic carbocycles. The van der Waals surface area contributed by atoms with Gasteiger partial charge in [-0.05, 0) is 19.3 Å². The summed E-state index contributed by atoms with van der Waals surface area (Å²) in [6.07, 6.45) is 3.83. The van der Waals surface area contributed by atoms with Gasteiger partial charge in [-0.25, -0.2) is 0 Å². The van der Waals surface area contributed by atoms with Crippen molar-refractivity contribution in [2.75, 3.05) is 26.2 Å². The van der Waals surface area contributed by atoms with Crippen LogP contribution >= 0.6 is 0 Å². The molecular weight excluding hydrogens is 302 g/mol. The minimum absolute atomic E-state index is 0.336. The van der Waals surface area contributed by atoms with Crippen molar-refractivity contribution >= 4 is 10.2 Å². The highest BCUT2D eigenvalue weighted by atomic mass is 32.2. The first-order chi connectivity index (χ1) is 10.6. The van der Waals surface area contributed by atoms with Crippen molar-refractivity contribution in [3.63, 3.8) is 0 Å². The quantitative estimate of drug-likeness (QED) is 0.808. The van der Waals surface area contributed by atoms with Crippen molar-refractivity contribution in [2.45, 2.75) is 52.0 Å². The summed E-state index contributed by atoms with van der Waals surface area (Å²) in [5, 5.41) is 8.62. The van der Waals surface area contributed by atoms with Gasteiger partial charge in [-0.15, -0.1) is 10.2 Å². The molecule has 1 fully saturated rings. The van der Waals surface area contributed by atoms with Gasteiger partial charge < -0.3 is 4.57 Å². The fourth-order valence-electron chi connectivity index (χ4n) is 3.53. The molecule has 124 valence electrons. The van der Waals surface area contributed by atoms with E-state index in [0.717, 1.165) is 43.9 Å². The number of aromatic nitrogens is 3. The van der Waals surface area contributed by atoms with E-state index in [2.05, 4.69) is 14.8 Å². The zero-order chi connectivity index (χ0) is 15.7. The predicted octanol–water partition coefficient (Wildman–Crippen LogP) is 0.990. The fraction of sp³-hybridized carbons (Fsp3) is 0.857. The van der Waals surface area contributed by atoms with Gasteiger partial charge in [0.25, 0.3) is 10.2 Å². The zero-order valence-corrected chi connectivity index (χ0v) is 14.2. The monoisotopic (exact) mass is 327 g/mol. The molecule has 0 bridgehead atoms. The third kappa shape index (κ3) is 2.68. The van der Waals surface area contributed by atoms with Crippen LogP contribution in [0.1, 0.15) is 50.7 Å². The summed E-state index contributed by atoms with van der Waals surface area (Å²) in [5.41, 5.74) is 0. The minimum atomic E-state index is -3.30. The largest absolute Gasteiger partial charge is 0.315 e. The normalized spacial score (nSPS) is 20.7. The Hall–Kier alpha value is -0.990. The predicted molar refractivity (Wildman–Crippen MR) is 83.7 cm³/mol. The molecule has 0 atom stereocenters. The van der Waals surface area contributed by atoms with E-state index >= 15 is 0 Å². The number of fused-ring (bicyclic) bond motifs is 1. The van der Waals surface area contributed by atoms with Crippen molar-refractivity contribution in [3.05, 3.63) is 11.6 Å². The van der Waals surface area contributed by atoms with Gasteiger partial charge in [0.2, 0.25) is 0 Å². The average Bonchev–Trinajstić information content (AvgIpc) is 3.11. The number of rotatable bonds is 5. The average molecular weight is 327 g/mol. The van der Waals surface area contributed by atoms with Crippen LogP contribution in [0, 0.1) is 0 Å². The van der Waals surface area contributed by atoms with Crippen LogP contribution in [0.3, 0.4) is 0 Å². The number of hydrogen-bond donors (Lipinski definition) is 0. The first-order valence-corrected chi connectivity index (χ1v) is 9.64. The van der Waals surface area contributed by atoms with Gasteiger partial charge in [0.05, 0.1) is 0 Å². The lowest BCUT2D eigenvalue weighted by atomic mass is 9.97. The van der Waals surface area contributed by atoms with Crippen LogP contribution in [-0.4, -0.2) is 58.0 Å². The molecule has 0 saturated carbocycles. The van der Waals surface area contributed by atoms with Crippen molar-refractivity contribution in [3.8, 4) is 0 Å². The Kier molecular flexibility index (Phi) is 4.52. The molecule has 1 aromatic heterocycles. The Balaban J connectivity index is 1.68. The lowest BCUT2D eigenvalue weighted by Gasteiger charge is -2.34. The maximum absolute atomic E-state index is 12.5. The summed E-state index contributed by atoms with van der Waals surface area (Å²) >= 11 is 0. The fourth-order valence-corrected chi connectivity index (χ4v) is 5.18. The van der Waals surface area contributed by atoms with Crippen molar-refractivity contribution in [2.24, 2.45) is 0 Å². The molecule has 7 nitrogen and oxygen atoms in total. The molecule has 0 radical (unpaired) electrons. The summed E-state index contributed by atoms with van der Waals surface area (Å²) in [6, 6.07) is 0. The van der Waals surface area contributed by atoms with Crippen molar-refractivity contribution in [1.29, 1.82) is 0 Å². The first-order valence-electron chi connectivity index (χ1n) is 8.25. The van der Waals surface area contributed by atoms with Crippen LogP contribution in [0.2, 0.25) is 0 Å². The maximum Gasteiger partial charge on any atom is 0.281 e. The smallest absolute Gasteiger partial charge is 0.281 e. The Bertz CT molecular complexity index is 615. The Labute approximate surface area is 132 Å². The summed E-state index contributed by atoms with van der Waals surface area (Å²) < 4.78 is 30.5. The second kappa shape index (κ2) is 6.25. The van der Waals surface area contributed by atoms with Crippen LogP contribution in [0.4, 0.5) is 0 Å². The molecule has 3 rings (SSSR count). The van der Waals surface area contributed by atoms with E-state index in [4.69, 9.17) is 0 Å². The van der Waals surface area contributed by atoms with Gasteiger partial charge in [0.1, 0.15) is 11.6 Å². The van der Waals surface area contributed by atoms with Crippen LogP contribution in [0.15, 0.2) is 0 Å².